The maximum atomic E-state index is 4.85. The Balaban J connectivity index is 1.52. The van der Waals surface area contributed by atoms with Gasteiger partial charge in [0.2, 0.25) is 5.95 Å². The first-order chi connectivity index (χ1) is 13.8. The SMILES string of the molecule is Cc1ccc(CN(Cc2ccncc2)Cc2ccnc(N3CCCC3)n2)cc1. The third-order valence-corrected chi connectivity index (χ3v) is 5.16. The summed E-state index contributed by atoms with van der Waals surface area (Å²) >= 11 is 0. The number of hydrogen-bond acceptors (Lipinski definition) is 5. The van der Waals surface area contributed by atoms with E-state index in [4.69, 9.17) is 4.98 Å². The monoisotopic (exact) mass is 373 g/mol. The van der Waals surface area contributed by atoms with E-state index in [0.29, 0.717) is 0 Å². The summed E-state index contributed by atoms with van der Waals surface area (Å²) in [4.78, 5) is 18.2. The van der Waals surface area contributed by atoms with Gasteiger partial charge in [0.15, 0.2) is 0 Å². The van der Waals surface area contributed by atoms with Gasteiger partial charge >= 0.3 is 0 Å². The minimum Gasteiger partial charge on any atom is -0.341 e. The normalized spacial score (nSPS) is 14.0. The van der Waals surface area contributed by atoms with Crippen molar-refractivity contribution < 1.29 is 0 Å². The zero-order valence-corrected chi connectivity index (χ0v) is 16.5. The molecule has 1 aliphatic heterocycles. The van der Waals surface area contributed by atoms with Gasteiger partial charge in [0.1, 0.15) is 0 Å². The van der Waals surface area contributed by atoms with Crippen molar-refractivity contribution in [3.63, 3.8) is 0 Å². The lowest BCUT2D eigenvalue weighted by molar-refractivity contribution is 0.244. The van der Waals surface area contributed by atoms with E-state index in [1.54, 1.807) is 0 Å². The van der Waals surface area contributed by atoms with Crippen LogP contribution in [0.2, 0.25) is 0 Å². The lowest BCUT2D eigenvalue weighted by atomic mass is 10.1. The maximum absolute atomic E-state index is 4.85. The number of aromatic nitrogens is 3. The summed E-state index contributed by atoms with van der Waals surface area (Å²) in [6.45, 7) is 6.78. The summed E-state index contributed by atoms with van der Waals surface area (Å²) in [7, 11) is 0. The minimum absolute atomic E-state index is 0.791. The van der Waals surface area contributed by atoms with E-state index >= 15 is 0 Å². The molecule has 5 nitrogen and oxygen atoms in total. The highest BCUT2D eigenvalue weighted by Crippen LogP contribution is 2.18. The van der Waals surface area contributed by atoms with Gasteiger partial charge in [-0.1, -0.05) is 29.8 Å². The van der Waals surface area contributed by atoms with Crippen LogP contribution in [0, 0.1) is 6.92 Å². The molecule has 3 heterocycles. The van der Waals surface area contributed by atoms with E-state index < -0.39 is 0 Å². The van der Waals surface area contributed by atoms with Gasteiger partial charge in [0.25, 0.3) is 0 Å². The van der Waals surface area contributed by atoms with Crippen LogP contribution in [0.25, 0.3) is 0 Å². The molecule has 2 aromatic heterocycles. The highest BCUT2D eigenvalue weighted by molar-refractivity contribution is 5.31. The minimum atomic E-state index is 0.791. The van der Waals surface area contributed by atoms with Crippen LogP contribution in [-0.2, 0) is 19.6 Å². The van der Waals surface area contributed by atoms with E-state index in [9.17, 15) is 0 Å². The molecule has 1 aliphatic rings. The van der Waals surface area contributed by atoms with Crippen molar-refractivity contribution in [2.24, 2.45) is 0 Å². The van der Waals surface area contributed by atoms with Crippen LogP contribution < -0.4 is 4.90 Å². The second-order valence-corrected chi connectivity index (χ2v) is 7.53. The number of pyridine rings is 1. The molecule has 28 heavy (non-hydrogen) atoms. The van der Waals surface area contributed by atoms with E-state index in [1.807, 2.05) is 24.7 Å². The van der Waals surface area contributed by atoms with Gasteiger partial charge in [-0.25, -0.2) is 9.97 Å². The van der Waals surface area contributed by atoms with Gasteiger partial charge in [0.05, 0.1) is 5.69 Å². The topological polar surface area (TPSA) is 45.2 Å². The highest BCUT2D eigenvalue weighted by Gasteiger charge is 2.16. The molecule has 5 heteroatoms. The zero-order chi connectivity index (χ0) is 19.2. The third kappa shape index (κ3) is 4.93. The fourth-order valence-corrected chi connectivity index (χ4v) is 3.64. The quantitative estimate of drug-likeness (QED) is 0.627. The molecule has 0 radical (unpaired) electrons. The molecule has 0 amide bonds. The lowest BCUT2D eigenvalue weighted by Crippen LogP contribution is -2.25. The summed E-state index contributed by atoms with van der Waals surface area (Å²) in [6, 6.07) is 15.0. The Morgan fingerprint density at radius 2 is 1.50 bits per heavy atom. The van der Waals surface area contributed by atoms with Crippen LogP contribution in [0.3, 0.4) is 0 Å². The van der Waals surface area contributed by atoms with Crippen molar-refractivity contribution in [2.75, 3.05) is 18.0 Å². The summed E-state index contributed by atoms with van der Waals surface area (Å²) in [5.41, 5.74) is 4.93. The molecule has 4 rings (SSSR count). The number of hydrogen-bond donors (Lipinski definition) is 0. The molecule has 3 aromatic rings. The Morgan fingerprint density at radius 3 is 2.21 bits per heavy atom. The van der Waals surface area contributed by atoms with E-state index in [-0.39, 0.29) is 0 Å². The predicted molar refractivity (Wildman–Crippen MR) is 112 cm³/mol. The molecule has 1 fully saturated rings. The number of rotatable bonds is 7. The van der Waals surface area contributed by atoms with Crippen LogP contribution >= 0.6 is 0 Å². The molecule has 1 saturated heterocycles. The Hall–Kier alpha value is -2.79. The van der Waals surface area contributed by atoms with Crippen LogP contribution in [0.15, 0.2) is 61.1 Å². The smallest absolute Gasteiger partial charge is 0.225 e. The molecule has 1 aromatic carbocycles. The predicted octanol–water partition coefficient (Wildman–Crippen LogP) is 3.98. The molecule has 0 N–H and O–H groups in total. The molecular weight excluding hydrogens is 346 g/mol. The molecule has 144 valence electrons. The van der Waals surface area contributed by atoms with Gasteiger partial charge in [-0.3, -0.25) is 9.88 Å². The number of nitrogens with zero attached hydrogens (tertiary/aromatic N) is 5. The lowest BCUT2D eigenvalue weighted by Gasteiger charge is -2.23. The van der Waals surface area contributed by atoms with E-state index in [2.05, 4.69) is 63.1 Å². The Kier molecular flexibility index (Phi) is 5.92. The molecule has 0 saturated carbocycles. The van der Waals surface area contributed by atoms with Gasteiger partial charge in [-0.05, 0) is 49.1 Å². The van der Waals surface area contributed by atoms with Crippen LogP contribution in [-0.4, -0.2) is 32.9 Å². The van der Waals surface area contributed by atoms with E-state index in [0.717, 1.165) is 44.4 Å². The van der Waals surface area contributed by atoms with Crippen molar-refractivity contribution in [1.29, 1.82) is 0 Å². The van der Waals surface area contributed by atoms with Gasteiger partial charge < -0.3 is 4.90 Å². The average Bonchev–Trinajstić information content (AvgIpc) is 3.26. The average molecular weight is 374 g/mol. The van der Waals surface area contributed by atoms with Crippen molar-refractivity contribution in [3.05, 3.63) is 83.4 Å². The van der Waals surface area contributed by atoms with Crippen LogP contribution in [0.5, 0.6) is 0 Å². The van der Waals surface area contributed by atoms with Crippen molar-refractivity contribution in [3.8, 4) is 0 Å². The molecule has 0 atom stereocenters. The fraction of sp³-hybridized carbons (Fsp3) is 0.348. The summed E-state index contributed by atoms with van der Waals surface area (Å²) in [5.74, 6) is 0.870. The maximum Gasteiger partial charge on any atom is 0.225 e. The molecule has 0 bridgehead atoms. The zero-order valence-electron chi connectivity index (χ0n) is 16.5. The van der Waals surface area contributed by atoms with Crippen molar-refractivity contribution in [2.45, 2.75) is 39.4 Å². The number of anilines is 1. The largest absolute Gasteiger partial charge is 0.341 e. The molecule has 0 aliphatic carbocycles. The summed E-state index contributed by atoms with van der Waals surface area (Å²) in [6.07, 6.45) is 8.07. The highest BCUT2D eigenvalue weighted by atomic mass is 15.3. The molecule has 0 unspecified atom stereocenters. The molecule has 0 spiro atoms. The Bertz CT molecular complexity index is 873. The van der Waals surface area contributed by atoms with E-state index in [1.165, 1.54) is 29.5 Å². The van der Waals surface area contributed by atoms with Gasteiger partial charge in [0, 0.05) is 51.3 Å². The number of benzene rings is 1. The molecular formula is C23H27N5. The first-order valence-corrected chi connectivity index (χ1v) is 10.00. The first-order valence-electron chi connectivity index (χ1n) is 10.00. The van der Waals surface area contributed by atoms with Crippen molar-refractivity contribution >= 4 is 5.95 Å². The number of aryl methyl sites for hydroxylation is 1. The van der Waals surface area contributed by atoms with Crippen LogP contribution in [0.1, 0.15) is 35.2 Å². The van der Waals surface area contributed by atoms with Gasteiger partial charge in [-0.2, -0.15) is 0 Å². The summed E-state index contributed by atoms with van der Waals surface area (Å²) in [5, 5.41) is 0. The van der Waals surface area contributed by atoms with Crippen molar-refractivity contribution in [1.82, 2.24) is 19.9 Å². The first kappa shape index (κ1) is 18.6. The van der Waals surface area contributed by atoms with Gasteiger partial charge in [-0.15, -0.1) is 0 Å². The van der Waals surface area contributed by atoms with Crippen LogP contribution in [0.4, 0.5) is 5.95 Å². The summed E-state index contributed by atoms with van der Waals surface area (Å²) < 4.78 is 0. The third-order valence-electron chi connectivity index (χ3n) is 5.16. The second kappa shape index (κ2) is 8.93. The second-order valence-electron chi connectivity index (χ2n) is 7.53. The Labute approximate surface area is 167 Å². The Morgan fingerprint density at radius 1 is 0.821 bits per heavy atom. The fourth-order valence-electron chi connectivity index (χ4n) is 3.64. The standard InChI is InChI=1S/C23H27N5/c1-19-4-6-20(7-5-19)16-27(17-21-8-11-24-12-9-21)18-22-10-13-25-23(26-22)28-14-2-3-15-28/h4-13H,2-3,14-18H2,1H3.